The fraction of sp³-hybridized carbons (Fsp3) is 0.500. The molecular formula is C16H20N4O3. The first-order valence-corrected chi connectivity index (χ1v) is 7.65. The monoisotopic (exact) mass is 316 g/mol. The third kappa shape index (κ3) is 2.78. The van der Waals surface area contributed by atoms with Crippen molar-refractivity contribution < 1.29 is 14.3 Å². The predicted molar refractivity (Wildman–Crippen MR) is 84.2 cm³/mol. The van der Waals surface area contributed by atoms with E-state index in [2.05, 4.69) is 20.1 Å². The first-order valence-electron chi connectivity index (χ1n) is 7.65. The first kappa shape index (κ1) is 15.5. The van der Waals surface area contributed by atoms with E-state index in [-0.39, 0.29) is 5.91 Å². The molecule has 3 rings (SSSR count). The number of hydrogen-bond donors (Lipinski definition) is 1. The van der Waals surface area contributed by atoms with Gasteiger partial charge >= 0.3 is 5.97 Å². The third-order valence-electron chi connectivity index (χ3n) is 4.13. The van der Waals surface area contributed by atoms with Gasteiger partial charge in [0.25, 0.3) is 5.91 Å². The summed E-state index contributed by atoms with van der Waals surface area (Å²) in [5.74, 6) is -0.374. The van der Waals surface area contributed by atoms with Crippen LogP contribution in [-0.2, 0) is 16.6 Å². The van der Waals surface area contributed by atoms with Gasteiger partial charge in [-0.15, -0.1) is 0 Å². The minimum absolute atomic E-state index is 0.312. The van der Waals surface area contributed by atoms with Crippen LogP contribution >= 0.6 is 0 Å². The largest absolute Gasteiger partial charge is 0.467 e. The van der Waals surface area contributed by atoms with E-state index in [1.807, 2.05) is 20.0 Å². The van der Waals surface area contributed by atoms with Gasteiger partial charge in [0.1, 0.15) is 6.04 Å². The highest BCUT2D eigenvalue weighted by Crippen LogP contribution is 2.40. The van der Waals surface area contributed by atoms with E-state index < -0.39 is 12.0 Å². The van der Waals surface area contributed by atoms with Gasteiger partial charge in [0.2, 0.25) is 0 Å². The Morgan fingerprint density at radius 1 is 1.43 bits per heavy atom. The van der Waals surface area contributed by atoms with Crippen molar-refractivity contribution >= 4 is 22.9 Å². The molecule has 1 atom stereocenters. The zero-order valence-electron chi connectivity index (χ0n) is 13.7. The number of esters is 1. The van der Waals surface area contributed by atoms with Crippen molar-refractivity contribution in [3.63, 3.8) is 0 Å². The van der Waals surface area contributed by atoms with Crippen molar-refractivity contribution in [3.8, 4) is 0 Å². The summed E-state index contributed by atoms with van der Waals surface area (Å²) in [6.07, 6.45) is 2.18. The lowest BCUT2D eigenvalue weighted by molar-refractivity contribution is -0.142. The lowest BCUT2D eigenvalue weighted by atomic mass is 10.1. The molecule has 1 saturated carbocycles. The summed E-state index contributed by atoms with van der Waals surface area (Å²) in [7, 11) is 3.11. The normalized spacial score (nSPS) is 15.5. The topological polar surface area (TPSA) is 86.1 Å². The molecule has 1 N–H and O–H groups in total. The number of methoxy groups -OCH3 is 1. The average Bonchev–Trinajstić information content (AvgIpc) is 3.33. The number of carbonyl (C=O) groups is 2. The van der Waals surface area contributed by atoms with Crippen molar-refractivity contribution in [2.75, 3.05) is 7.11 Å². The van der Waals surface area contributed by atoms with Crippen LogP contribution in [0.15, 0.2) is 6.07 Å². The van der Waals surface area contributed by atoms with Crippen LogP contribution in [0.5, 0.6) is 0 Å². The van der Waals surface area contributed by atoms with E-state index in [1.54, 1.807) is 11.6 Å². The fourth-order valence-electron chi connectivity index (χ4n) is 2.74. The maximum Gasteiger partial charge on any atom is 0.328 e. The van der Waals surface area contributed by atoms with Crippen LogP contribution in [0.3, 0.4) is 0 Å². The predicted octanol–water partition coefficient (Wildman–Crippen LogP) is 1.45. The molecule has 1 aliphatic rings. The molecule has 2 heterocycles. The van der Waals surface area contributed by atoms with Gasteiger partial charge in [-0.25, -0.2) is 9.78 Å². The van der Waals surface area contributed by atoms with Gasteiger partial charge < -0.3 is 10.1 Å². The number of nitrogens with one attached hydrogen (secondary N) is 1. The van der Waals surface area contributed by atoms with E-state index in [9.17, 15) is 9.59 Å². The Morgan fingerprint density at radius 3 is 2.74 bits per heavy atom. The number of aryl methyl sites for hydroxylation is 2. The van der Waals surface area contributed by atoms with Gasteiger partial charge in [0.05, 0.1) is 23.8 Å². The Balaban J connectivity index is 2.04. The van der Waals surface area contributed by atoms with E-state index >= 15 is 0 Å². The molecule has 2 aromatic rings. The first-order chi connectivity index (χ1) is 10.9. The van der Waals surface area contributed by atoms with E-state index in [0.717, 1.165) is 29.6 Å². The van der Waals surface area contributed by atoms with Gasteiger partial charge in [0.15, 0.2) is 5.65 Å². The van der Waals surface area contributed by atoms with Crippen LogP contribution in [0.1, 0.15) is 47.4 Å². The van der Waals surface area contributed by atoms with Crippen molar-refractivity contribution in [3.05, 3.63) is 23.0 Å². The molecule has 2 aromatic heterocycles. The quantitative estimate of drug-likeness (QED) is 0.863. The van der Waals surface area contributed by atoms with E-state index in [4.69, 9.17) is 0 Å². The molecule has 1 fully saturated rings. The molecule has 0 aromatic carbocycles. The second-order valence-electron chi connectivity index (χ2n) is 5.99. The summed E-state index contributed by atoms with van der Waals surface area (Å²) in [5, 5.41) is 7.78. The van der Waals surface area contributed by atoms with Crippen LogP contribution in [0.4, 0.5) is 0 Å². The van der Waals surface area contributed by atoms with Crippen molar-refractivity contribution in [1.82, 2.24) is 20.1 Å². The number of nitrogens with zero attached hydrogens (tertiary/aromatic N) is 3. The molecule has 0 radical (unpaired) electrons. The molecule has 122 valence electrons. The SMILES string of the molecule is COC(=O)[C@H](C)NC(=O)c1cc(C2CC2)nc2c1c(C)nn2C. The minimum Gasteiger partial charge on any atom is -0.467 e. The Kier molecular flexibility index (Phi) is 3.79. The van der Waals surface area contributed by atoms with Crippen molar-refractivity contribution in [2.45, 2.75) is 38.6 Å². The molecule has 0 saturated heterocycles. The molecule has 0 bridgehead atoms. The van der Waals surface area contributed by atoms with Gasteiger partial charge in [-0.3, -0.25) is 9.48 Å². The van der Waals surface area contributed by atoms with Gasteiger partial charge in [0, 0.05) is 18.7 Å². The zero-order valence-corrected chi connectivity index (χ0v) is 13.7. The van der Waals surface area contributed by atoms with Crippen LogP contribution in [0, 0.1) is 6.92 Å². The molecule has 23 heavy (non-hydrogen) atoms. The molecule has 0 aliphatic heterocycles. The standard InChI is InChI=1S/C16H20N4O3/c1-8-13-11(15(21)17-9(2)16(22)23-4)7-12(10-5-6-10)18-14(13)20(3)19-8/h7,9-10H,5-6H2,1-4H3,(H,17,21)/t9-/m0/s1. The molecule has 0 unspecified atom stereocenters. The Bertz CT molecular complexity index is 792. The maximum atomic E-state index is 12.7. The molecule has 1 amide bonds. The average molecular weight is 316 g/mol. The van der Waals surface area contributed by atoms with Gasteiger partial charge in [-0.2, -0.15) is 5.10 Å². The third-order valence-corrected chi connectivity index (χ3v) is 4.13. The fourth-order valence-corrected chi connectivity index (χ4v) is 2.74. The summed E-state index contributed by atoms with van der Waals surface area (Å²) in [4.78, 5) is 28.9. The number of pyridine rings is 1. The molecular weight excluding hydrogens is 296 g/mol. The summed E-state index contributed by atoms with van der Waals surface area (Å²) in [6.45, 7) is 3.45. The Hall–Kier alpha value is -2.44. The summed E-state index contributed by atoms with van der Waals surface area (Å²) >= 11 is 0. The highest BCUT2D eigenvalue weighted by Gasteiger charge is 2.29. The number of amides is 1. The molecule has 1 aliphatic carbocycles. The van der Waals surface area contributed by atoms with Crippen LogP contribution in [-0.4, -0.2) is 39.8 Å². The number of hydrogen-bond acceptors (Lipinski definition) is 5. The summed E-state index contributed by atoms with van der Waals surface area (Å²) < 4.78 is 6.35. The van der Waals surface area contributed by atoms with Crippen LogP contribution < -0.4 is 5.32 Å². The van der Waals surface area contributed by atoms with Gasteiger partial charge in [-0.1, -0.05) is 0 Å². The highest BCUT2D eigenvalue weighted by atomic mass is 16.5. The highest BCUT2D eigenvalue weighted by molar-refractivity contribution is 6.07. The van der Waals surface area contributed by atoms with Crippen molar-refractivity contribution in [2.24, 2.45) is 7.05 Å². The molecule has 7 heteroatoms. The number of aromatic nitrogens is 3. The number of ether oxygens (including phenoxy) is 1. The van der Waals surface area contributed by atoms with Crippen LogP contribution in [0.25, 0.3) is 11.0 Å². The van der Waals surface area contributed by atoms with Crippen molar-refractivity contribution in [1.29, 1.82) is 0 Å². The lowest BCUT2D eigenvalue weighted by Crippen LogP contribution is -2.39. The second-order valence-corrected chi connectivity index (χ2v) is 5.99. The van der Waals surface area contributed by atoms with Crippen LogP contribution in [0.2, 0.25) is 0 Å². The molecule has 0 spiro atoms. The Labute approximate surface area is 134 Å². The number of fused-ring (bicyclic) bond motifs is 1. The molecule has 7 nitrogen and oxygen atoms in total. The van der Waals surface area contributed by atoms with E-state index in [1.165, 1.54) is 7.11 Å². The van der Waals surface area contributed by atoms with E-state index in [0.29, 0.717) is 17.1 Å². The zero-order chi connectivity index (χ0) is 16.7. The van der Waals surface area contributed by atoms with Gasteiger partial charge in [-0.05, 0) is 32.8 Å². The number of carbonyl (C=O) groups excluding carboxylic acids is 2. The summed E-state index contributed by atoms with van der Waals surface area (Å²) in [6, 6.07) is 1.12. The Morgan fingerprint density at radius 2 is 2.13 bits per heavy atom. The number of rotatable bonds is 4. The second kappa shape index (κ2) is 5.64. The smallest absolute Gasteiger partial charge is 0.328 e. The minimum atomic E-state index is -0.711. The maximum absolute atomic E-state index is 12.7. The summed E-state index contributed by atoms with van der Waals surface area (Å²) in [5.41, 5.74) is 2.87. The lowest BCUT2D eigenvalue weighted by Gasteiger charge is -2.13.